The van der Waals surface area contributed by atoms with Gasteiger partial charge in [-0.05, 0) is 72.1 Å². The number of phenolic OH excluding ortho intramolecular Hbond substituents is 2. The Morgan fingerprint density at radius 3 is 2.14 bits per heavy atom. The van der Waals surface area contributed by atoms with Gasteiger partial charge in [0, 0.05) is 23.5 Å². The molecule has 5 aromatic rings. The van der Waals surface area contributed by atoms with Gasteiger partial charge < -0.3 is 20.8 Å². The Bertz CT molecular complexity index is 1480. The summed E-state index contributed by atoms with van der Waals surface area (Å²) in [6, 6.07) is 25.2. The molecule has 0 atom stereocenters. The molecule has 4 N–H and O–H groups in total. The molecule has 0 amide bonds. The second-order valence-electron chi connectivity index (χ2n) is 8.29. The Morgan fingerprint density at radius 1 is 0.750 bits per heavy atom. The van der Waals surface area contributed by atoms with Gasteiger partial charge in [-0.3, -0.25) is 9.97 Å². The van der Waals surface area contributed by atoms with E-state index in [1.165, 1.54) is 6.07 Å². The van der Waals surface area contributed by atoms with Crippen molar-refractivity contribution in [3.63, 3.8) is 0 Å². The molecule has 0 aliphatic rings. The molecule has 3 aromatic carbocycles. The van der Waals surface area contributed by atoms with E-state index in [0.29, 0.717) is 35.5 Å². The number of benzene rings is 3. The Labute approximate surface area is 208 Å². The minimum Gasteiger partial charge on any atom is -0.508 e. The highest BCUT2D eigenvalue weighted by Gasteiger charge is 2.15. The second kappa shape index (κ2) is 10.1. The standard InChI is InChI=1S/C28H24N6O2/c29-20-8-11-26(34(17-21-5-1-3-13-30-21)18-22-6-2-4-14-31-22)25(16-20)32-33-28-24-10-9-23(35)15-19(24)7-12-27(28)36/h1-16,35-36H,17-18,29H2. The smallest absolute Gasteiger partial charge is 0.143 e. The normalized spacial score (nSPS) is 11.2. The maximum Gasteiger partial charge on any atom is 0.143 e. The summed E-state index contributed by atoms with van der Waals surface area (Å²) in [4.78, 5) is 11.1. The van der Waals surface area contributed by atoms with Crippen LogP contribution in [0.2, 0.25) is 0 Å². The topological polar surface area (TPSA) is 120 Å². The SMILES string of the molecule is Nc1ccc(N(Cc2ccccn2)Cc2ccccn2)c(N=Nc2c(O)ccc3cc(O)ccc23)c1. The number of rotatable bonds is 7. The number of nitrogens with two attached hydrogens (primary N) is 1. The molecular formula is C28H24N6O2. The highest BCUT2D eigenvalue weighted by Crippen LogP contribution is 2.39. The van der Waals surface area contributed by atoms with Crippen molar-refractivity contribution >= 4 is 33.5 Å². The van der Waals surface area contributed by atoms with E-state index in [9.17, 15) is 10.2 Å². The third-order valence-electron chi connectivity index (χ3n) is 5.71. The third kappa shape index (κ3) is 5.07. The van der Waals surface area contributed by atoms with Crippen molar-refractivity contribution in [2.45, 2.75) is 13.1 Å². The highest BCUT2D eigenvalue weighted by atomic mass is 16.3. The van der Waals surface area contributed by atoms with E-state index in [4.69, 9.17) is 5.73 Å². The number of hydrogen-bond acceptors (Lipinski definition) is 8. The van der Waals surface area contributed by atoms with Crippen LogP contribution in [0, 0.1) is 0 Å². The van der Waals surface area contributed by atoms with Gasteiger partial charge in [0.15, 0.2) is 0 Å². The van der Waals surface area contributed by atoms with Gasteiger partial charge in [0.05, 0.1) is 30.2 Å². The molecule has 0 spiro atoms. The second-order valence-corrected chi connectivity index (χ2v) is 8.29. The first-order valence-corrected chi connectivity index (χ1v) is 11.4. The van der Waals surface area contributed by atoms with E-state index in [2.05, 4.69) is 25.1 Å². The van der Waals surface area contributed by atoms with E-state index in [1.807, 2.05) is 48.5 Å². The van der Waals surface area contributed by atoms with Crippen molar-refractivity contribution in [1.82, 2.24) is 9.97 Å². The van der Waals surface area contributed by atoms with E-state index in [0.717, 1.165) is 22.5 Å². The van der Waals surface area contributed by atoms with Crippen LogP contribution in [-0.4, -0.2) is 20.2 Å². The predicted molar refractivity (Wildman–Crippen MR) is 141 cm³/mol. The fourth-order valence-electron chi connectivity index (χ4n) is 3.99. The van der Waals surface area contributed by atoms with Gasteiger partial charge in [-0.15, -0.1) is 10.2 Å². The number of aromatic hydroxyl groups is 2. The van der Waals surface area contributed by atoms with E-state index in [1.54, 1.807) is 42.7 Å². The van der Waals surface area contributed by atoms with Gasteiger partial charge in [0.25, 0.3) is 0 Å². The van der Waals surface area contributed by atoms with Crippen LogP contribution in [0.15, 0.2) is 108 Å². The molecule has 0 saturated carbocycles. The summed E-state index contributed by atoms with van der Waals surface area (Å²) < 4.78 is 0. The Balaban J connectivity index is 1.57. The number of azo groups is 1. The Morgan fingerprint density at radius 2 is 1.47 bits per heavy atom. The molecule has 0 radical (unpaired) electrons. The summed E-state index contributed by atoms with van der Waals surface area (Å²) in [5.41, 5.74) is 10.1. The number of phenols is 2. The molecule has 5 rings (SSSR count). The molecule has 0 bridgehead atoms. The van der Waals surface area contributed by atoms with Gasteiger partial charge in [0.1, 0.15) is 22.9 Å². The number of aromatic nitrogens is 2. The predicted octanol–water partition coefficient (Wildman–Crippen LogP) is 6.25. The van der Waals surface area contributed by atoms with Gasteiger partial charge >= 0.3 is 0 Å². The lowest BCUT2D eigenvalue weighted by molar-refractivity contribution is 0.474. The molecule has 0 saturated heterocycles. The average Bonchev–Trinajstić information content (AvgIpc) is 2.89. The van der Waals surface area contributed by atoms with Gasteiger partial charge in [-0.25, -0.2) is 0 Å². The van der Waals surface area contributed by atoms with Gasteiger partial charge in [-0.1, -0.05) is 18.2 Å². The van der Waals surface area contributed by atoms with Crippen LogP contribution in [0.5, 0.6) is 11.5 Å². The summed E-state index contributed by atoms with van der Waals surface area (Å²) in [7, 11) is 0. The van der Waals surface area contributed by atoms with Crippen LogP contribution in [0.25, 0.3) is 10.8 Å². The summed E-state index contributed by atoms with van der Waals surface area (Å²) in [6.07, 6.45) is 3.53. The van der Waals surface area contributed by atoms with Crippen molar-refractivity contribution in [3.05, 3.63) is 109 Å². The van der Waals surface area contributed by atoms with Crippen molar-refractivity contribution in [2.24, 2.45) is 10.2 Å². The summed E-state index contributed by atoms with van der Waals surface area (Å²) in [6.45, 7) is 1.03. The molecule has 0 aliphatic carbocycles. The Kier molecular flexibility index (Phi) is 6.40. The molecule has 0 aliphatic heterocycles. The summed E-state index contributed by atoms with van der Waals surface area (Å²) in [5, 5.41) is 30.7. The van der Waals surface area contributed by atoms with Gasteiger partial charge in [0.2, 0.25) is 0 Å². The molecule has 178 valence electrons. The monoisotopic (exact) mass is 476 g/mol. The van der Waals surface area contributed by atoms with Crippen LogP contribution in [0.1, 0.15) is 11.4 Å². The first-order chi connectivity index (χ1) is 17.6. The van der Waals surface area contributed by atoms with E-state index in [-0.39, 0.29) is 11.5 Å². The minimum absolute atomic E-state index is 0.0128. The number of nitrogens with zero attached hydrogens (tertiary/aromatic N) is 5. The van der Waals surface area contributed by atoms with Crippen molar-refractivity contribution in [3.8, 4) is 11.5 Å². The van der Waals surface area contributed by atoms with Crippen LogP contribution in [0.4, 0.5) is 22.7 Å². The largest absolute Gasteiger partial charge is 0.508 e. The average molecular weight is 477 g/mol. The first-order valence-electron chi connectivity index (χ1n) is 11.4. The highest BCUT2D eigenvalue weighted by molar-refractivity contribution is 5.96. The van der Waals surface area contributed by atoms with Crippen molar-refractivity contribution in [1.29, 1.82) is 0 Å². The lowest BCUT2D eigenvalue weighted by Gasteiger charge is -2.25. The maximum absolute atomic E-state index is 10.5. The molecule has 2 aromatic heterocycles. The van der Waals surface area contributed by atoms with Crippen molar-refractivity contribution in [2.75, 3.05) is 10.6 Å². The minimum atomic E-state index is -0.0128. The number of nitrogen functional groups attached to an aromatic ring is 1. The lowest BCUT2D eigenvalue weighted by Crippen LogP contribution is -2.23. The molecule has 2 heterocycles. The molecule has 0 fully saturated rings. The third-order valence-corrected chi connectivity index (χ3v) is 5.71. The van der Waals surface area contributed by atoms with Crippen LogP contribution < -0.4 is 10.6 Å². The fourth-order valence-corrected chi connectivity index (χ4v) is 3.99. The fraction of sp³-hybridized carbons (Fsp3) is 0.0714. The number of anilines is 2. The Hall–Kier alpha value is -4.98. The van der Waals surface area contributed by atoms with Crippen molar-refractivity contribution < 1.29 is 10.2 Å². The molecule has 0 unspecified atom stereocenters. The number of hydrogen-bond donors (Lipinski definition) is 3. The zero-order chi connectivity index (χ0) is 24.9. The number of pyridine rings is 2. The summed E-state index contributed by atoms with van der Waals surface area (Å²) >= 11 is 0. The maximum atomic E-state index is 10.5. The van der Waals surface area contributed by atoms with Crippen LogP contribution in [-0.2, 0) is 13.1 Å². The van der Waals surface area contributed by atoms with Gasteiger partial charge in [-0.2, -0.15) is 0 Å². The molecule has 8 nitrogen and oxygen atoms in total. The summed E-state index contributed by atoms with van der Waals surface area (Å²) in [5.74, 6) is 0.120. The zero-order valence-electron chi connectivity index (χ0n) is 19.4. The first kappa shape index (κ1) is 22.8. The quantitative estimate of drug-likeness (QED) is 0.189. The van der Waals surface area contributed by atoms with E-state index < -0.39 is 0 Å². The molecular weight excluding hydrogens is 452 g/mol. The zero-order valence-corrected chi connectivity index (χ0v) is 19.4. The van der Waals surface area contributed by atoms with E-state index >= 15 is 0 Å². The van der Waals surface area contributed by atoms with Crippen LogP contribution >= 0.6 is 0 Å². The lowest BCUT2D eigenvalue weighted by atomic mass is 10.1. The van der Waals surface area contributed by atoms with Crippen LogP contribution in [0.3, 0.4) is 0 Å². The molecule has 8 heteroatoms. The molecule has 36 heavy (non-hydrogen) atoms. The number of fused-ring (bicyclic) bond motifs is 1.